The van der Waals surface area contributed by atoms with Crippen molar-refractivity contribution in [3.63, 3.8) is 0 Å². The first-order valence-electron chi connectivity index (χ1n) is 11.2. The van der Waals surface area contributed by atoms with E-state index in [0.717, 1.165) is 11.3 Å². The number of nitrogens with one attached hydrogen (secondary N) is 1. The monoisotopic (exact) mass is 586 g/mol. The summed E-state index contributed by atoms with van der Waals surface area (Å²) in [6.45, 7) is 1.56. The van der Waals surface area contributed by atoms with E-state index in [0.29, 0.717) is 33.7 Å². The van der Waals surface area contributed by atoms with Gasteiger partial charge >= 0.3 is 5.97 Å². The second-order valence-electron chi connectivity index (χ2n) is 7.92. The molecule has 0 aromatic carbocycles. The van der Waals surface area contributed by atoms with Gasteiger partial charge in [-0.05, 0) is 12.5 Å². The van der Waals surface area contributed by atoms with Crippen molar-refractivity contribution in [1.29, 1.82) is 0 Å². The minimum Gasteiger partial charge on any atom is -0.477 e. The number of carboxylic acid groups (broad SMARTS) is 1. The number of β-lactam (4-membered cyclic amide) rings is 1. The molecule has 0 radical (unpaired) electrons. The number of aromatic nitrogens is 3. The van der Waals surface area contributed by atoms with Crippen LogP contribution in [0.15, 0.2) is 45.1 Å². The second kappa shape index (κ2) is 12.2. The number of nitrogens with zero attached hydrogens (tertiary/aromatic N) is 5. The number of nitrogens with two attached hydrogens (primary N) is 2. The Hall–Kier alpha value is -4.07. The van der Waals surface area contributed by atoms with Gasteiger partial charge in [0.1, 0.15) is 39.5 Å². The van der Waals surface area contributed by atoms with Gasteiger partial charge in [0, 0.05) is 23.0 Å². The number of nitrogen functional groups attached to an aromatic ring is 2. The molecule has 39 heavy (non-hydrogen) atoms. The van der Waals surface area contributed by atoms with Crippen LogP contribution in [0, 0.1) is 19.3 Å². The van der Waals surface area contributed by atoms with Crippen LogP contribution < -0.4 is 16.8 Å². The molecule has 2 aliphatic rings. The van der Waals surface area contributed by atoms with Crippen LogP contribution in [0.1, 0.15) is 11.5 Å². The minimum absolute atomic E-state index is 0.129. The van der Waals surface area contributed by atoms with E-state index in [1.165, 1.54) is 33.8 Å². The van der Waals surface area contributed by atoms with Crippen molar-refractivity contribution < 1.29 is 24.3 Å². The van der Waals surface area contributed by atoms with Gasteiger partial charge in [0.15, 0.2) is 17.5 Å². The Morgan fingerprint density at radius 1 is 1.41 bits per heavy atom. The predicted molar refractivity (Wildman–Crippen MR) is 149 cm³/mol. The van der Waals surface area contributed by atoms with Gasteiger partial charge in [0.25, 0.3) is 11.8 Å². The van der Waals surface area contributed by atoms with E-state index in [1.54, 1.807) is 25.1 Å². The highest BCUT2D eigenvalue weighted by molar-refractivity contribution is 8.00. The van der Waals surface area contributed by atoms with Crippen molar-refractivity contribution in [2.75, 3.05) is 29.6 Å². The summed E-state index contributed by atoms with van der Waals surface area (Å²) in [7, 11) is 0. The van der Waals surface area contributed by atoms with E-state index in [4.69, 9.17) is 22.7 Å². The number of oxime groups is 1. The first kappa shape index (κ1) is 28.0. The summed E-state index contributed by atoms with van der Waals surface area (Å²) in [5.74, 6) is 1.43. The van der Waals surface area contributed by atoms with Crippen LogP contribution >= 0.6 is 34.9 Å². The molecule has 2 aromatic rings. The number of rotatable bonds is 10. The average molecular weight is 587 g/mol. The molecule has 13 nitrogen and oxygen atoms in total. The molecule has 6 N–H and O–H groups in total. The highest BCUT2D eigenvalue weighted by atomic mass is 32.2. The molecule has 16 heteroatoms. The third-order valence-corrected chi connectivity index (χ3v) is 8.09. The molecule has 0 unspecified atom stereocenters. The molecule has 4 rings (SSSR count). The van der Waals surface area contributed by atoms with E-state index < -0.39 is 29.2 Å². The maximum Gasteiger partial charge on any atom is 0.352 e. The maximum absolute atomic E-state index is 13.0. The third kappa shape index (κ3) is 6.33. The molecule has 202 valence electrons. The first-order chi connectivity index (χ1) is 18.7. The van der Waals surface area contributed by atoms with Gasteiger partial charge < -0.3 is 26.7 Å². The normalized spacial score (nSPS) is 18.9. The van der Waals surface area contributed by atoms with Gasteiger partial charge in [-0.15, -0.1) is 41.3 Å². The number of thioether (sulfide) groups is 2. The number of amides is 2. The highest BCUT2D eigenvalue weighted by Crippen LogP contribution is 2.40. The number of terminal acetylenes is 1. The van der Waals surface area contributed by atoms with Crippen molar-refractivity contribution in [2.45, 2.75) is 23.4 Å². The van der Waals surface area contributed by atoms with E-state index in [9.17, 15) is 19.5 Å². The van der Waals surface area contributed by atoms with E-state index in [-0.39, 0.29) is 28.8 Å². The number of aryl methyl sites for hydroxylation is 1. The van der Waals surface area contributed by atoms with E-state index >= 15 is 0 Å². The summed E-state index contributed by atoms with van der Waals surface area (Å²) in [4.78, 5) is 56.6. The molecule has 2 aliphatic heterocycles. The van der Waals surface area contributed by atoms with Gasteiger partial charge in [-0.1, -0.05) is 23.2 Å². The smallest absolute Gasteiger partial charge is 0.352 e. The number of hydrogen-bond acceptors (Lipinski definition) is 13. The fourth-order valence-corrected chi connectivity index (χ4v) is 6.31. The lowest BCUT2D eigenvalue weighted by atomic mass is 10.0. The molecule has 4 heterocycles. The van der Waals surface area contributed by atoms with Gasteiger partial charge in [-0.25, -0.2) is 19.7 Å². The van der Waals surface area contributed by atoms with Gasteiger partial charge in [0.05, 0.1) is 0 Å². The molecular formula is C23H22N8O5S3. The van der Waals surface area contributed by atoms with Crippen LogP contribution in [0.2, 0.25) is 0 Å². The summed E-state index contributed by atoms with van der Waals surface area (Å²) in [5.41, 5.74) is 11.7. The lowest BCUT2D eigenvalue weighted by molar-refractivity contribution is -0.150. The fourth-order valence-electron chi connectivity index (χ4n) is 3.68. The van der Waals surface area contributed by atoms with Crippen molar-refractivity contribution >= 4 is 69.3 Å². The van der Waals surface area contributed by atoms with Crippen molar-refractivity contribution in [2.24, 2.45) is 5.16 Å². The minimum atomic E-state index is -1.24. The first-order valence-corrected chi connectivity index (χ1v) is 14.1. The molecule has 1 saturated heterocycles. The quantitative estimate of drug-likeness (QED) is 0.0583. The van der Waals surface area contributed by atoms with Crippen LogP contribution in [-0.4, -0.2) is 78.0 Å². The summed E-state index contributed by atoms with van der Waals surface area (Å²) < 4.78 is 0. The second-order valence-corrected chi connectivity index (χ2v) is 11.0. The molecule has 0 bridgehead atoms. The van der Waals surface area contributed by atoms with E-state index in [1.807, 2.05) is 0 Å². The Balaban J connectivity index is 1.45. The number of anilines is 2. The maximum atomic E-state index is 13.0. The largest absolute Gasteiger partial charge is 0.477 e. The summed E-state index contributed by atoms with van der Waals surface area (Å²) >= 11 is 3.84. The van der Waals surface area contributed by atoms with Gasteiger partial charge in [-0.2, -0.15) is 0 Å². The van der Waals surface area contributed by atoms with E-state index in [2.05, 4.69) is 31.3 Å². The number of hydrogen-bond donors (Lipinski definition) is 4. The summed E-state index contributed by atoms with van der Waals surface area (Å²) in [6, 6.07) is 0.681. The summed E-state index contributed by atoms with van der Waals surface area (Å²) in [5, 5.41) is 18.1. The zero-order chi connectivity index (χ0) is 28.1. The van der Waals surface area contributed by atoms with Crippen molar-refractivity contribution in [3.8, 4) is 12.3 Å². The standard InChI is InChI=1S/C23H22N8O5S3/c1-3-6-36-30-16(13-10-39-23(25)28-13)19(32)29-17-20(33)31-18(22(34)35)12(9-38-21(17)31)5-4-7-37-15-8-14(24)26-11(2)27-15/h1,4-5,8,10,17,21H,6-7,9H2,2H3,(H2,25,28)(H,29,32)(H,34,35)(H2,24,26,27)/b5-4+,30-16-/t17-,21-/m1/s1. The van der Waals surface area contributed by atoms with Crippen molar-refractivity contribution in [1.82, 2.24) is 25.2 Å². The highest BCUT2D eigenvalue weighted by Gasteiger charge is 2.54. The zero-order valence-corrected chi connectivity index (χ0v) is 22.8. The fraction of sp³-hybridized carbons (Fsp3) is 0.261. The molecule has 0 saturated carbocycles. The number of carbonyl (C=O) groups is 3. The molecule has 1 fully saturated rings. The third-order valence-electron chi connectivity index (χ3n) is 5.25. The number of thiazole rings is 1. The molecule has 2 atom stereocenters. The Morgan fingerprint density at radius 3 is 2.87 bits per heavy atom. The Labute approximate surface area is 235 Å². The number of allylic oxidation sites excluding steroid dienone is 1. The van der Waals surface area contributed by atoms with Crippen LogP contribution in [0.4, 0.5) is 10.9 Å². The van der Waals surface area contributed by atoms with Gasteiger partial charge in [-0.3, -0.25) is 14.5 Å². The SMILES string of the molecule is C#CCO/N=C(\C(=O)N[C@@H]1C(=O)N2C(C(=O)O)=C(/C=C/CSc3cc(N)nc(C)n3)CS[C@H]12)c1csc(N)n1. The molecular weight excluding hydrogens is 565 g/mol. The van der Waals surface area contributed by atoms with Crippen LogP contribution in [-0.2, 0) is 19.2 Å². The number of aliphatic carboxylic acids is 1. The molecule has 0 aliphatic carbocycles. The Morgan fingerprint density at radius 2 is 2.21 bits per heavy atom. The number of fused-ring (bicyclic) bond motifs is 1. The predicted octanol–water partition coefficient (Wildman–Crippen LogP) is 0.847. The molecule has 0 spiro atoms. The average Bonchev–Trinajstić information content (AvgIpc) is 3.32. The van der Waals surface area contributed by atoms with Crippen LogP contribution in [0.25, 0.3) is 0 Å². The number of carbonyl (C=O) groups excluding carboxylic acids is 2. The Bertz CT molecular complexity index is 1430. The van der Waals surface area contributed by atoms with Crippen LogP contribution in [0.5, 0.6) is 0 Å². The van der Waals surface area contributed by atoms with Gasteiger partial charge in [0.2, 0.25) is 0 Å². The number of carboxylic acids is 1. The lowest BCUT2D eigenvalue weighted by Gasteiger charge is -2.49. The topological polar surface area (TPSA) is 199 Å². The van der Waals surface area contributed by atoms with Crippen molar-refractivity contribution in [3.05, 3.63) is 46.4 Å². The zero-order valence-electron chi connectivity index (χ0n) is 20.4. The molecule has 2 aromatic heterocycles. The summed E-state index contributed by atoms with van der Waals surface area (Å²) in [6.07, 6.45) is 8.63. The van der Waals surface area contributed by atoms with Crippen LogP contribution in [0.3, 0.4) is 0 Å². The Kier molecular flexibility index (Phi) is 8.74. The lowest BCUT2D eigenvalue weighted by Crippen LogP contribution is -2.71. The molecule has 2 amide bonds.